The Hall–Kier alpha value is -1.28. The molecule has 76 valence electrons. The van der Waals surface area contributed by atoms with Crippen LogP contribution in [0.3, 0.4) is 0 Å². The fraction of sp³-hybridized carbons (Fsp3) is 0.250. The van der Waals surface area contributed by atoms with Crippen LogP contribution in [0.4, 0.5) is 5.69 Å². The Bertz CT molecular complexity index is 532. The van der Waals surface area contributed by atoms with E-state index in [9.17, 15) is 0 Å². The van der Waals surface area contributed by atoms with Gasteiger partial charge >= 0.3 is 0 Å². The lowest BCUT2D eigenvalue weighted by atomic mass is 10.0. The molecule has 1 heterocycles. The monoisotopic (exact) mass is 218 g/mol. The van der Waals surface area contributed by atoms with Crippen LogP contribution >= 0.6 is 11.6 Å². The number of rotatable bonds is 1. The smallest absolute Gasteiger partial charge is 0.0721 e. The number of hydrogen-bond donors (Lipinski definition) is 1. The van der Waals surface area contributed by atoms with Gasteiger partial charge in [-0.05, 0) is 36.5 Å². The molecule has 0 spiro atoms. The summed E-state index contributed by atoms with van der Waals surface area (Å²) in [6, 6.07) is 5.81. The zero-order valence-corrected chi connectivity index (χ0v) is 8.96. The maximum absolute atomic E-state index is 5.97. The number of hydrogen-bond acceptors (Lipinski definition) is 2. The second kappa shape index (κ2) is 3.11. The minimum atomic E-state index is 0.636. The minimum Gasteiger partial charge on any atom is -0.397 e. The first-order valence-electron chi connectivity index (χ1n) is 5.09. The van der Waals surface area contributed by atoms with Crippen molar-refractivity contribution >= 4 is 28.2 Å². The molecule has 0 atom stereocenters. The molecule has 1 aromatic carbocycles. The Labute approximate surface area is 93.1 Å². The van der Waals surface area contributed by atoms with Crippen molar-refractivity contribution in [1.29, 1.82) is 0 Å². The maximum Gasteiger partial charge on any atom is 0.0721 e. The Kier molecular flexibility index (Phi) is 1.86. The van der Waals surface area contributed by atoms with E-state index in [0.29, 0.717) is 5.92 Å². The molecule has 1 fully saturated rings. The summed E-state index contributed by atoms with van der Waals surface area (Å²) in [6.45, 7) is 0. The molecule has 2 N–H and O–H groups in total. The summed E-state index contributed by atoms with van der Waals surface area (Å²) in [6.07, 6.45) is 4.23. The zero-order valence-electron chi connectivity index (χ0n) is 8.20. The number of nitrogens with zero attached hydrogens (tertiary/aromatic N) is 1. The fourth-order valence-electron chi connectivity index (χ4n) is 2.03. The quantitative estimate of drug-likeness (QED) is 0.797. The second-order valence-corrected chi connectivity index (χ2v) is 4.50. The molecule has 0 bridgehead atoms. The molecule has 0 unspecified atom stereocenters. The van der Waals surface area contributed by atoms with Crippen molar-refractivity contribution in [1.82, 2.24) is 4.98 Å². The van der Waals surface area contributed by atoms with Crippen LogP contribution in [0.25, 0.3) is 10.9 Å². The SMILES string of the molecule is Nc1cnc2cc(Cl)ccc2c1C1CC1. The number of fused-ring (bicyclic) bond motifs is 1. The summed E-state index contributed by atoms with van der Waals surface area (Å²) >= 11 is 5.93. The van der Waals surface area contributed by atoms with Gasteiger partial charge in [0.2, 0.25) is 0 Å². The molecule has 2 aromatic rings. The minimum absolute atomic E-state index is 0.636. The van der Waals surface area contributed by atoms with E-state index in [1.807, 2.05) is 18.2 Å². The van der Waals surface area contributed by atoms with Gasteiger partial charge in [0, 0.05) is 10.4 Å². The molecule has 1 saturated carbocycles. The highest BCUT2D eigenvalue weighted by Gasteiger charge is 2.27. The van der Waals surface area contributed by atoms with Gasteiger partial charge in [-0.3, -0.25) is 4.98 Å². The molecule has 15 heavy (non-hydrogen) atoms. The average molecular weight is 219 g/mol. The Morgan fingerprint density at radius 3 is 2.87 bits per heavy atom. The average Bonchev–Trinajstić information content (AvgIpc) is 3.02. The van der Waals surface area contributed by atoms with Crippen molar-refractivity contribution in [2.45, 2.75) is 18.8 Å². The molecular weight excluding hydrogens is 208 g/mol. The lowest BCUT2D eigenvalue weighted by molar-refractivity contribution is 1.14. The maximum atomic E-state index is 5.97. The predicted molar refractivity (Wildman–Crippen MR) is 63.1 cm³/mol. The molecule has 2 nitrogen and oxygen atoms in total. The van der Waals surface area contributed by atoms with Gasteiger partial charge in [0.05, 0.1) is 17.4 Å². The molecule has 0 saturated heterocycles. The van der Waals surface area contributed by atoms with Crippen molar-refractivity contribution in [2.75, 3.05) is 5.73 Å². The number of pyridine rings is 1. The molecule has 3 rings (SSSR count). The number of anilines is 1. The number of aromatic nitrogens is 1. The molecule has 1 aromatic heterocycles. The largest absolute Gasteiger partial charge is 0.397 e. The number of halogens is 1. The number of nitrogen functional groups attached to an aromatic ring is 1. The van der Waals surface area contributed by atoms with Crippen LogP contribution in [0.5, 0.6) is 0 Å². The molecular formula is C12H11ClN2. The number of benzene rings is 1. The van der Waals surface area contributed by atoms with Gasteiger partial charge in [-0.15, -0.1) is 0 Å². The van der Waals surface area contributed by atoms with Crippen LogP contribution in [0, 0.1) is 0 Å². The highest BCUT2D eigenvalue weighted by atomic mass is 35.5. The molecule has 0 amide bonds. The topological polar surface area (TPSA) is 38.9 Å². The van der Waals surface area contributed by atoms with E-state index in [-0.39, 0.29) is 0 Å². The first-order valence-corrected chi connectivity index (χ1v) is 5.47. The van der Waals surface area contributed by atoms with Crippen molar-refractivity contribution in [3.63, 3.8) is 0 Å². The van der Waals surface area contributed by atoms with E-state index < -0.39 is 0 Å². The van der Waals surface area contributed by atoms with E-state index in [1.54, 1.807) is 6.20 Å². The van der Waals surface area contributed by atoms with Crippen molar-refractivity contribution < 1.29 is 0 Å². The Balaban J connectivity index is 2.34. The van der Waals surface area contributed by atoms with E-state index >= 15 is 0 Å². The lowest BCUT2D eigenvalue weighted by Crippen LogP contribution is -1.95. The highest BCUT2D eigenvalue weighted by molar-refractivity contribution is 6.31. The third kappa shape index (κ3) is 1.45. The van der Waals surface area contributed by atoms with E-state index in [0.717, 1.165) is 21.6 Å². The lowest BCUT2D eigenvalue weighted by Gasteiger charge is -2.08. The summed E-state index contributed by atoms with van der Waals surface area (Å²) in [5.41, 5.74) is 8.99. The van der Waals surface area contributed by atoms with Gasteiger partial charge in [-0.25, -0.2) is 0 Å². The fourth-order valence-corrected chi connectivity index (χ4v) is 2.20. The van der Waals surface area contributed by atoms with Gasteiger partial charge in [0.15, 0.2) is 0 Å². The first-order chi connectivity index (χ1) is 7.25. The summed E-state index contributed by atoms with van der Waals surface area (Å²) < 4.78 is 0. The van der Waals surface area contributed by atoms with E-state index in [1.165, 1.54) is 18.4 Å². The van der Waals surface area contributed by atoms with Gasteiger partial charge in [0.25, 0.3) is 0 Å². The molecule has 1 aliphatic rings. The Morgan fingerprint density at radius 1 is 1.33 bits per heavy atom. The van der Waals surface area contributed by atoms with Crippen LogP contribution in [-0.2, 0) is 0 Å². The molecule has 1 aliphatic carbocycles. The van der Waals surface area contributed by atoms with Crippen LogP contribution in [-0.4, -0.2) is 4.98 Å². The first kappa shape index (κ1) is 8.98. The van der Waals surface area contributed by atoms with E-state index in [2.05, 4.69) is 4.98 Å². The summed E-state index contributed by atoms with van der Waals surface area (Å²) in [5, 5.41) is 1.88. The molecule has 3 heteroatoms. The highest BCUT2D eigenvalue weighted by Crippen LogP contribution is 2.45. The van der Waals surface area contributed by atoms with Gasteiger partial charge < -0.3 is 5.73 Å². The second-order valence-electron chi connectivity index (χ2n) is 4.06. The summed E-state index contributed by atoms with van der Waals surface area (Å²) in [7, 11) is 0. The van der Waals surface area contributed by atoms with Crippen LogP contribution in [0.1, 0.15) is 24.3 Å². The number of nitrogens with two attached hydrogens (primary N) is 1. The van der Waals surface area contributed by atoms with Crippen LogP contribution < -0.4 is 5.73 Å². The predicted octanol–water partition coefficient (Wildman–Crippen LogP) is 3.35. The van der Waals surface area contributed by atoms with Crippen molar-refractivity contribution in [2.24, 2.45) is 0 Å². The molecule has 0 radical (unpaired) electrons. The zero-order chi connectivity index (χ0) is 10.4. The summed E-state index contributed by atoms with van der Waals surface area (Å²) in [4.78, 5) is 4.30. The normalized spacial score (nSPS) is 15.8. The van der Waals surface area contributed by atoms with E-state index in [4.69, 9.17) is 17.3 Å². The Morgan fingerprint density at radius 2 is 2.13 bits per heavy atom. The van der Waals surface area contributed by atoms with Crippen LogP contribution in [0.15, 0.2) is 24.4 Å². The standard InChI is InChI=1S/C12H11ClN2/c13-8-3-4-9-11(5-8)15-6-10(14)12(9)7-1-2-7/h3-7H,1-2,14H2. The van der Waals surface area contributed by atoms with Gasteiger partial charge in [0.1, 0.15) is 0 Å². The third-order valence-corrected chi connectivity index (χ3v) is 3.12. The molecule has 0 aliphatic heterocycles. The van der Waals surface area contributed by atoms with Crippen LogP contribution in [0.2, 0.25) is 5.02 Å². The van der Waals surface area contributed by atoms with Crippen molar-refractivity contribution in [3.8, 4) is 0 Å². The van der Waals surface area contributed by atoms with Crippen molar-refractivity contribution in [3.05, 3.63) is 35.0 Å². The van der Waals surface area contributed by atoms with Gasteiger partial charge in [-0.2, -0.15) is 0 Å². The third-order valence-electron chi connectivity index (χ3n) is 2.89. The summed E-state index contributed by atoms with van der Waals surface area (Å²) in [5.74, 6) is 0.636. The van der Waals surface area contributed by atoms with Gasteiger partial charge in [-0.1, -0.05) is 17.7 Å².